The topological polar surface area (TPSA) is 57.0 Å². The predicted molar refractivity (Wildman–Crippen MR) is 221 cm³/mol. The Hall–Kier alpha value is -5.59. The van der Waals surface area contributed by atoms with E-state index in [4.69, 9.17) is 13.8 Å². The van der Waals surface area contributed by atoms with Gasteiger partial charge in [0.05, 0.1) is 36.2 Å². The van der Waals surface area contributed by atoms with Crippen molar-refractivity contribution in [3.63, 3.8) is 0 Å². The van der Waals surface area contributed by atoms with Gasteiger partial charge in [0, 0.05) is 42.5 Å². The van der Waals surface area contributed by atoms with Crippen molar-refractivity contribution in [1.82, 2.24) is 14.5 Å². The summed E-state index contributed by atoms with van der Waals surface area (Å²) < 4.78 is 14.9. The maximum absolute atomic E-state index is 6.40. The van der Waals surface area contributed by atoms with Gasteiger partial charge in [-0.05, 0) is 48.1 Å². The molecule has 1 radical (unpaired) electrons. The van der Waals surface area contributed by atoms with Gasteiger partial charge in [-0.15, -0.1) is 53.6 Å². The van der Waals surface area contributed by atoms with Gasteiger partial charge in [-0.1, -0.05) is 110 Å². The van der Waals surface area contributed by atoms with Crippen molar-refractivity contribution < 1.29 is 28.9 Å². The van der Waals surface area contributed by atoms with Gasteiger partial charge < -0.3 is 18.4 Å². The van der Waals surface area contributed by atoms with Crippen LogP contribution in [0.25, 0.3) is 83.2 Å². The summed E-state index contributed by atoms with van der Waals surface area (Å²) in [5, 5.41) is 5.75. The molecule has 10 rings (SSSR count). The van der Waals surface area contributed by atoms with Crippen LogP contribution in [0.4, 0.5) is 0 Å². The standard InChI is InChI=1S/C31H17N2O2.C16H20NSi.Ir/c1-5-17-27-19(9-1)21-11-7-13-23(29(21)34-27)31-32-24-14-3-4-15-25(24)33(31)26-16-8-12-22-20-10-2-6-18-28(20)35-30(22)26;1-12-6-8-14(9-7-12)15-10-13(2)16(11-17-15)18(3,4)5;/h1-12,14-18H;6-8,10-11H,1-5H3;/q2*-1;. The molecule has 0 amide bonds. The molecular weight excluding hydrogens is 859 g/mol. The van der Waals surface area contributed by atoms with Crippen molar-refractivity contribution in [2.75, 3.05) is 0 Å². The Labute approximate surface area is 328 Å². The number of furan rings is 2. The number of aromatic nitrogens is 3. The summed E-state index contributed by atoms with van der Waals surface area (Å²) in [6.07, 6.45) is 2.06. The molecule has 0 saturated carbocycles. The average Bonchev–Trinajstić information content (AvgIpc) is 3.86. The molecule has 0 spiro atoms. The van der Waals surface area contributed by atoms with Crippen LogP contribution in [0.15, 0.2) is 142 Å². The molecule has 0 fully saturated rings. The zero-order chi connectivity index (χ0) is 36.3. The van der Waals surface area contributed by atoms with Crippen LogP contribution in [0.3, 0.4) is 0 Å². The molecule has 4 heterocycles. The number of benzene rings is 6. The van der Waals surface area contributed by atoms with E-state index in [9.17, 15) is 0 Å². The number of imidazole rings is 1. The molecule has 0 aliphatic heterocycles. The van der Waals surface area contributed by atoms with E-state index < -0.39 is 8.07 Å². The molecule has 10 aromatic rings. The number of fused-ring (bicyclic) bond motifs is 7. The Balaban J connectivity index is 0.000000186. The van der Waals surface area contributed by atoms with Gasteiger partial charge in [-0.25, -0.2) is 0 Å². The van der Waals surface area contributed by atoms with Gasteiger partial charge in [0.1, 0.15) is 11.2 Å². The van der Waals surface area contributed by atoms with Gasteiger partial charge in [0.25, 0.3) is 0 Å². The fraction of sp³-hybridized carbons (Fsp3) is 0.106. The second-order valence-corrected chi connectivity index (χ2v) is 19.7. The molecule has 54 heavy (non-hydrogen) atoms. The molecule has 5 nitrogen and oxygen atoms in total. The third kappa shape index (κ3) is 6.18. The fourth-order valence-corrected chi connectivity index (χ4v) is 9.06. The van der Waals surface area contributed by atoms with Gasteiger partial charge in [0.15, 0.2) is 5.58 Å². The number of rotatable bonds is 4. The molecule has 0 saturated heterocycles. The smallest absolute Gasteiger partial charge is 0.158 e. The summed E-state index contributed by atoms with van der Waals surface area (Å²) >= 11 is 0. The minimum absolute atomic E-state index is 0. The van der Waals surface area contributed by atoms with Gasteiger partial charge in [0.2, 0.25) is 0 Å². The maximum Gasteiger partial charge on any atom is 0.158 e. The Morgan fingerprint density at radius 2 is 1.33 bits per heavy atom. The van der Waals surface area contributed by atoms with Crippen LogP contribution in [0.2, 0.25) is 19.6 Å². The molecule has 0 aliphatic rings. The number of hydrogen-bond acceptors (Lipinski definition) is 4. The van der Waals surface area contributed by atoms with Gasteiger partial charge in [-0.3, -0.25) is 4.98 Å². The second kappa shape index (κ2) is 14.0. The second-order valence-electron chi connectivity index (χ2n) is 14.6. The molecule has 7 heteroatoms. The van der Waals surface area contributed by atoms with E-state index >= 15 is 0 Å². The molecule has 0 unspecified atom stereocenters. The maximum atomic E-state index is 6.40. The van der Waals surface area contributed by atoms with Crippen molar-refractivity contribution in [2.24, 2.45) is 0 Å². The van der Waals surface area contributed by atoms with E-state index in [2.05, 4.69) is 122 Å². The van der Waals surface area contributed by atoms with Crippen molar-refractivity contribution in [1.29, 1.82) is 0 Å². The number of para-hydroxylation sites is 5. The quantitative estimate of drug-likeness (QED) is 0.130. The van der Waals surface area contributed by atoms with E-state index in [0.29, 0.717) is 0 Å². The average molecular weight is 896 g/mol. The molecule has 4 aromatic heterocycles. The van der Waals surface area contributed by atoms with E-state index in [1.54, 1.807) is 0 Å². The number of pyridine rings is 1. The van der Waals surface area contributed by atoms with Crippen LogP contribution < -0.4 is 5.19 Å². The molecule has 0 N–H and O–H groups in total. The molecule has 0 bridgehead atoms. The van der Waals surface area contributed by atoms with Crippen LogP contribution in [0, 0.1) is 26.0 Å². The Bertz CT molecular complexity index is 2970. The first-order chi connectivity index (χ1) is 25.7. The van der Waals surface area contributed by atoms with Gasteiger partial charge >= 0.3 is 0 Å². The first-order valence-electron chi connectivity index (χ1n) is 17.9. The first kappa shape index (κ1) is 35.4. The Morgan fingerprint density at radius 1 is 0.667 bits per heavy atom. The zero-order valence-corrected chi connectivity index (χ0v) is 34.1. The van der Waals surface area contributed by atoms with Crippen molar-refractivity contribution in [3.8, 4) is 28.3 Å². The minimum atomic E-state index is -1.28. The van der Waals surface area contributed by atoms with Crippen LogP contribution in [0.1, 0.15) is 11.1 Å². The molecule has 267 valence electrons. The van der Waals surface area contributed by atoms with Crippen molar-refractivity contribution in [2.45, 2.75) is 33.5 Å². The monoisotopic (exact) mass is 896 g/mol. The summed E-state index contributed by atoms with van der Waals surface area (Å²) in [5.41, 5.74) is 11.7. The summed E-state index contributed by atoms with van der Waals surface area (Å²) in [6, 6.07) is 49.8. The first-order valence-corrected chi connectivity index (χ1v) is 21.4. The zero-order valence-electron chi connectivity index (χ0n) is 30.7. The fourth-order valence-electron chi connectivity index (χ4n) is 7.35. The Kier molecular flexibility index (Phi) is 9.18. The SMILES string of the molecule is Cc1c[c-]c(-c2cc(C)c([Si](C)(C)C)cn2)cc1.[Ir].[c-]1ccc2c(oc3ccccc32)c1-c1nc2ccccc2n1-c1cccc2c1oc1ccccc12. The Morgan fingerprint density at radius 3 is 2.04 bits per heavy atom. The number of nitrogens with zero attached hydrogens (tertiary/aromatic N) is 3. The molecule has 0 atom stereocenters. The van der Waals surface area contributed by atoms with E-state index in [1.807, 2.05) is 66.7 Å². The van der Waals surface area contributed by atoms with E-state index in [1.165, 1.54) is 16.3 Å². The molecule has 0 aliphatic carbocycles. The minimum Gasteiger partial charge on any atom is -0.501 e. The van der Waals surface area contributed by atoms with E-state index in [0.717, 1.165) is 83.2 Å². The normalized spacial score (nSPS) is 11.6. The predicted octanol–water partition coefficient (Wildman–Crippen LogP) is 12.0. The number of aryl methyl sites for hydroxylation is 2. The van der Waals surface area contributed by atoms with Crippen LogP contribution >= 0.6 is 0 Å². The number of hydrogen-bond donors (Lipinski definition) is 0. The van der Waals surface area contributed by atoms with Crippen LogP contribution in [-0.2, 0) is 20.1 Å². The third-order valence-corrected chi connectivity index (χ3v) is 12.0. The van der Waals surface area contributed by atoms with Crippen molar-refractivity contribution >= 4 is 68.2 Å². The third-order valence-electron chi connectivity index (χ3n) is 9.91. The van der Waals surface area contributed by atoms with E-state index in [-0.39, 0.29) is 20.1 Å². The summed E-state index contributed by atoms with van der Waals surface area (Å²) in [6.45, 7) is 11.3. The van der Waals surface area contributed by atoms with Crippen LogP contribution in [0.5, 0.6) is 0 Å². The molecular formula is C47H37IrN3O2Si-2. The summed E-state index contributed by atoms with van der Waals surface area (Å²) in [4.78, 5) is 9.68. The summed E-state index contributed by atoms with van der Waals surface area (Å²) in [5.74, 6) is 0.767. The van der Waals surface area contributed by atoms with Gasteiger partial charge in [-0.2, -0.15) is 0 Å². The largest absolute Gasteiger partial charge is 0.501 e. The van der Waals surface area contributed by atoms with Crippen molar-refractivity contribution in [3.05, 3.63) is 157 Å². The molecule has 6 aromatic carbocycles. The summed E-state index contributed by atoms with van der Waals surface area (Å²) in [7, 11) is -1.28. The van der Waals surface area contributed by atoms with Crippen LogP contribution in [-0.4, -0.2) is 22.6 Å².